The van der Waals surface area contributed by atoms with Crippen LogP contribution in [0.2, 0.25) is 0 Å². The fourth-order valence-corrected chi connectivity index (χ4v) is 2.30. The Kier molecular flexibility index (Phi) is 3.92. The van der Waals surface area contributed by atoms with E-state index in [4.69, 9.17) is 0 Å². The van der Waals surface area contributed by atoms with E-state index in [1.54, 1.807) is 0 Å². The molecule has 1 aromatic rings. The highest BCUT2D eigenvalue weighted by atomic mass is 16.1. The van der Waals surface area contributed by atoms with Gasteiger partial charge in [-0.2, -0.15) is 0 Å². The third-order valence-corrected chi connectivity index (χ3v) is 3.44. The standard InChI is InChI=1S/C14H20N2O/c1-15(2)13-8-9-16(10-13)11-14(17)12-6-4-3-5-7-12/h3-7,13H,8-11H2,1-2H3. The highest BCUT2D eigenvalue weighted by Gasteiger charge is 2.25. The van der Waals surface area contributed by atoms with E-state index < -0.39 is 0 Å². The van der Waals surface area contributed by atoms with E-state index in [0.717, 1.165) is 25.1 Å². The Balaban J connectivity index is 1.89. The molecule has 0 spiro atoms. The number of carbonyl (C=O) groups excluding carboxylic acids is 1. The largest absolute Gasteiger partial charge is 0.305 e. The maximum absolute atomic E-state index is 12.0. The van der Waals surface area contributed by atoms with Crippen molar-refractivity contribution in [2.45, 2.75) is 12.5 Å². The van der Waals surface area contributed by atoms with Crippen molar-refractivity contribution in [3.63, 3.8) is 0 Å². The molecule has 2 rings (SSSR count). The normalized spacial score (nSPS) is 21.0. The zero-order valence-corrected chi connectivity index (χ0v) is 10.6. The van der Waals surface area contributed by atoms with Crippen LogP contribution in [0.4, 0.5) is 0 Å². The molecule has 1 aromatic carbocycles. The summed E-state index contributed by atoms with van der Waals surface area (Å²) in [5.74, 6) is 0.227. The topological polar surface area (TPSA) is 23.6 Å². The number of hydrogen-bond donors (Lipinski definition) is 0. The molecule has 3 nitrogen and oxygen atoms in total. The van der Waals surface area contributed by atoms with Gasteiger partial charge in [-0.25, -0.2) is 0 Å². The Morgan fingerprint density at radius 1 is 1.35 bits per heavy atom. The Hall–Kier alpha value is -1.19. The van der Waals surface area contributed by atoms with Crippen molar-refractivity contribution in [3.8, 4) is 0 Å². The summed E-state index contributed by atoms with van der Waals surface area (Å²) in [6, 6.07) is 10.1. The van der Waals surface area contributed by atoms with E-state index in [9.17, 15) is 4.79 Å². The number of ketones is 1. The van der Waals surface area contributed by atoms with Crippen LogP contribution in [0.1, 0.15) is 16.8 Å². The summed E-state index contributed by atoms with van der Waals surface area (Å²) in [7, 11) is 4.21. The zero-order chi connectivity index (χ0) is 12.3. The van der Waals surface area contributed by atoms with Gasteiger partial charge in [-0.05, 0) is 20.5 Å². The average Bonchev–Trinajstić information content (AvgIpc) is 2.79. The smallest absolute Gasteiger partial charge is 0.176 e. The fourth-order valence-electron chi connectivity index (χ4n) is 2.30. The lowest BCUT2D eigenvalue weighted by Gasteiger charge is -2.19. The minimum absolute atomic E-state index is 0.227. The first-order valence-corrected chi connectivity index (χ1v) is 6.14. The lowest BCUT2D eigenvalue weighted by molar-refractivity contribution is 0.0941. The van der Waals surface area contributed by atoms with Gasteiger partial charge in [0.25, 0.3) is 0 Å². The van der Waals surface area contributed by atoms with Crippen LogP contribution in [-0.2, 0) is 0 Å². The van der Waals surface area contributed by atoms with Crippen LogP contribution in [0.5, 0.6) is 0 Å². The predicted octanol–water partition coefficient (Wildman–Crippen LogP) is 1.51. The number of rotatable bonds is 4. The monoisotopic (exact) mass is 232 g/mol. The molecule has 0 aromatic heterocycles. The molecular formula is C14H20N2O. The SMILES string of the molecule is CN(C)C1CCN(CC(=O)c2ccccc2)C1. The van der Waals surface area contributed by atoms with Gasteiger partial charge < -0.3 is 4.90 Å². The van der Waals surface area contributed by atoms with Gasteiger partial charge in [-0.15, -0.1) is 0 Å². The van der Waals surface area contributed by atoms with Gasteiger partial charge in [0.2, 0.25) is 0 Å². The fraction of sp³-hybridized carbons (Fsp3) is 0.500. The van der Waals surface area contributed by atoms with Crippen LogP contribution in [0.15, 0.2) is 30.3 Å². The van der Waals surface area contributed by atoms with Gasteiger partial charge in [0.05, 0.1) is 6.54 Å². The van der Waals surface area contributed by atoms with Gasteiger partial charge in [-0.1, -0.05) is 30.3 Å². The Morgan fingerprint density at radius 2 is 2.06 bits per heavy atom. The third-order valence-electron chi connectivity index (χ3n) is 3.44. The number of benzene rings is 1. The summed E-state index contributed by atoms with van der Waals surface area (Å²) in [6.45, 7) is 2.58. The first-order chi connectivity index (χ1) is 8.16. The molecule has 0 saturated carbocycles. The molecule has 3 heteroatoms. The van der Waals surface area contributed by atoms with E-state index in [1.165, 1.54) is 0 Å². The molecule has 1 atom stereocenters. The lowest BCUT2D eigenvalue weighted by Crippen LogP contribution is -2.33. The highest BCUT2D eigenvalue weighted by molar-refractivity contribution is 5.97. The summed E-state index contributed by atoms with van der Waals surface area (Å²) >= 11 is 0. The first-order valence-electron chi connectivity index (χ1n) is 6.14. The molecule has 92 valence electrons. The minimum atomic E-state index is 0.227. The maximum Gasteiger partial charge on any atom is 0.176 e. The Morgan fingerprint density at radius 3 is 2.65 bits per heavy atom. The molecule has 1 heterocycles. The van der Waals surface area contributed by atoms with Gasteiger partial charge >= 0.3 is 0 Å². The second-order valence-electron chi connectivity index (χ2n) is 4.93. The van der Waals surface area contributed by atoms with E-state index in [-0.39, 0.29) is 5.78 Å². The number of Topliss-reactive ketones (excluding diaryl/α,β-unsaturated/α-hetero) is 1. The van der Waals surface area contributed by atoms with Gasteiger partial charge in [-0.3, -0.25) is 9.69 Å². The van der Waals surface area contributed by atoms with E-state index in [1.807, 2.05) is 30.3 Å². The van der Waals surface area contributed by atoms with Crippen LogP contribution in [0.3, 0.4) is 0 Å². The molecule has 0 bridgehead atoms. The Bertz CT molecular complexity index is 375. The molecular weight excluding hydrogens is 212 g/mol. The third kappa shape index (κ3) is 3.14. The number of hydrogen-bond acceptors (Lipinski definition) is 3. The molecule has 1 unspecified atom stereocenters. The van der Waals surface area contributed by atoms with Crippen molar-refractivity contribution >= 4 is 5.78 Å². The van der Waals surface area contributed by atoms with Crippen molar-refractivity contribution in [1.29, 1.82) is 0 Å². The van der Waals surface area contributed by atoms with Gasteiger partial charge in [0.1, 0.15) is 0 Å². The number of likely N-dealkylation sites (N-methyl/N-ethyl adjacent to an activating group) is 1. The zero-order valence-electron chi connectivity index (χ0n) is 10.6. The minimum Gasteiger partial charge on any atom is -0.305 e. The van der Waals surface area contributed by atoms with E-state index in [2.05, 4.69) is 23.9 Å². The molecule has 0 aliphatic carbocycles. The Labute approximate surface area is 103 Å². The molecule has 0 N–H and O–H groups in total. The van der Waals surface area contributed by atoms with E-state index >= 15 is 0 Å². The van der Waals surface area contributed by atoms with Crippen LogP contribution in [-0.4, -0.2) is 55.4 Å². The van der Waals surface area contributed by atoms with Crippen LogP contribution >= 0.6 is 0 Å². The van der Waals surface area contributed by atoms with Crippen molar-refractivity contribution in [2.24, 2.45) is 0 Å². The van der Waals surface area contributed by atoms with Crippen molar-refractivity contribution < 1.29 is 4.79 Å². The quantitative estimate of drug-likeness (QED) is 0.735. The summed E-state index contributed by atoms with van der Waals surface area (Å²) < 4.78 is 0. The van der Waals surface area contributed by atoms with E-state index in [0.29, 0.717) is 12.6 Å². The second kappa shape index (κ2) is 5.43. The lowest BCUT2D eigenvalue weighted by atomic mass is 10.1. The van der Waals surface area contributed by atoms with Crippen molar-refractivity contribution in [3.05, 3.63) is 35.9 Å². The predicted molar refractivity (Wildman–Crippen MR) is 69.3 cm³/mol. The summed E-state index contributed by atoms with van der Waals surface area (Å²) in [4.78, 5) is 16.5. The highest BCUT2D eigenvalue weighted by Crippen LogP contribution is 2.13. The second-order valence-corrected chi connectivity index (χ2v) is 4.93. The molecule has 1 aliphatic rings. The van der Waals surface area contributed by atoms with Crippen LogP contribution < -0.4 is 0 Å². The molecule has 1 aliphatic heterocycles. The van der Waals surface area contributed by atoms with Crippen molar-refractivity contribution in [1.82, 2.24) is 9.80 Å². The number of likely N-dealkylation sites (tertiary alicyclic amines) is 1. The first kappa shape index (κ1) is 12.3. The summed E-state index contributed by atoms with van der Waals surface area (Å²) in [6.07, 6.45) is 1.16. The summed E-state index contributed by atoms with van der Waals surface area (Å²) in [5, 5.41) is 0. The molecule has 0 radical (unpaired) electrons. The molecule has 1 saturated heterocycles. The number of nitrogens with zero attached hydrogens (tertiary/aromatic N) is 2. The summed E-state index contributed by atoms with van der Waals surface area (Å²) in [5.41, 5.74) is 0.820. The molecule has 17 heavy (non-hydrogen) atoms. The molecule has 0 amide bonds. The van der Waals surface area contributed by atoms with Crippen LogP contribution in [0, 0.1) is 0 Å². The average molecular weight is 232 g/mol. The maximum atomic E-state index is 12.0. The number of carbonyl (C=O) groups is 1. The molecule has 1 fully saturated rings. The van der Waals surface area contributed by atoms with Crippen LogP contribution in [0.25, 0.3) is 0 Å². The van der Waals surface area contributed by atoms with Gasteiger partial charge in [0, 0.05) is 24.7 Å². The van der Waals surface area contributed by atoms with Crippen molar-refractivity contribution in [2.75, 3.05) is 33.7 Å². The van der Waals surface area contributed by atoms with Gasteiger partial charge in [0.15, 0.2) is 5.78 Å².